The Balaban J connectivity index is 1.61. The van der Waals surface area contributed by atoms with Crippen molar-refractivity contribution in [1.82, 2.24) is 15.5 Å². The largest absolute Gasteiger partial charge is 0.368 e. The van der Waals surface area contributed by atoms with Gasteiger partial charge in [-0.2, -0.15) is 4.98 Å². The fourth-order valence-corrected chi connectivity index (χ4v) is 2.64. The second-order valence-electron chi connectivity index (χ2n) is 5.17. The minimum Gasteiger partial charge on any atom is -0.368 e. The van der Waals surface area contributed by atoms with E-state index in [0.29, 0.717) is 16.7 Å². The lowest BCUT2D eigenvalue weighted by Gasteiger charge is -2.02. The van der Waals surface area contributed by atoms with Gasteiger partial charge in [-0.3, -0.25) is 4.99 Å². The normalized spacial score (nSPS) is 13.7. The molecule has 23 heavy (non-hydrogen) atoms. The number of benzene rings is 2. The van der Waals surface area contributed by atoms with Crippen LogP contribution in [0.1, 0.15) is 5.56 Å². The first-order valence-electron chi connectivity index (χ1n) is 7.28. The van der Waals surface area contributed by atoms with Gasteiger partial charge >= 0.3 is 0 Å². The highest BCUT2D eigenvalue weighted by atomic mass is 35.5. The Morgan fingerprint density at radius 2 is 1.83 bits per heavy atom. The summed E-state index contributed by atoms with van der Waals surface area (Å²) >= 11 is 5.99. The molecule has 0 spiro atoms. The van der Waals surface area contributed by atoms with Crippen molar-refractivity contribution < 1.29 is 4.52 Å². The third-order valence-corrected chi connectivity index (χ3v) is 3.82. The Bertz CT molecular complexity index is 870. The molecular weight excluding hydrogens is 312 g/mol. The summed E-state index contributed by atoms with van der Waals surface area (Å²) in [6, 6.07) is 15.3. The van der Waals surface area contributed by atoms with Crippen LogP contribution in [0.25, 0.3) is 22.8 Å². The smallest absolute Gasteiger partial charge is 0.258 e. The molecule has 0 bridgehead atoms. The maximum atomic E-state index is 5.99. The summed E-state index contributed by atoms with van der Waals surface area (Å²) in [5, 5.41) is 7.93. The Morgan fingerprint density at radius 3 is 2.57 bits per heavy atom. The van der Waals surface area contributed by atoms with Crippen molar-refractivity contribution in [2.45, 2.75) is 0 Å². The molecule has 0 saturated heterocycles. The molecule has 0 aliphatic carbocycles. The van der Waals surface area contributed by atoms with E-state index < -0.39 is 0 Å². The molecule has 6 heteroatoms. The average Bonchev–Trinajstić information content (AvgIpc) is 3.27. The minimum absolute atomic E-state index is 0.452. The van der Waals surface area contributed by atoms with Gasteiger partial charge in [0.25, 0.3) is 5.89 Å². The molecule has 1 aliphatic heterocycles. The van der Waals surface area contributed by atoms with Crippen molar-refractivity contribution in [2.24, 2.45) is 4.99 Å². The standard InChI is InChI=1S/C17H13ClN4O/c18-14-3-1-2-13(10-14)17-21-16(22-23-17)12-6-4-11(5-7-12)15-19-8-9-20-15/h1-7,10H,8-9H2,(H,19,20). The first kappa shape index (κ1) is 14.0. The van der Waals surface area contributed by atoms with Crippen LogP contribution in [0.3, 0.4) is 0 Å². The SMILES string of the molecule is Clc1cccc(-c2nc(-c3ccc(C4=NCCN4)cc3)no2)c1. The molecule has 2 heterocycles. The monoisotopic (exact) mass is 324 g/mol. The number of hydrogen-bond donors (Lipinski definition) is 1. The van der Waals surface area contributed by atoms with Crippen molar-refractivity contribution >= 4 is 17.4 Å². The van der Waals surface area contributed by atoms with Crippen molar-refractivity contribution in [3.8, 4) is 22.8 Å². The number of aliphatic imine (C=N–C) groups is 1. The summed E-state index contributed by atoms with van der Waals surface area (Å²) in [6.45, 7) is 1.72. The highest BCUT2D eigenvalue weighted by Crippen LogP contribution is 2.24. The predicted molar refractivity (Wildman–Crippen MR) is 89.6 cm³/mol. The van der Waals surface area contributed by atoms with Gasteiger partial charge in [0.2, 0.25) is 5.82 Å². The molecular formula is C17H13ClN4O. The number of halogens is 1. The van der Waals surface area contributed by atoms with Gasteiger partial charge in [-0.15, -0.1) is 0 Å². The lowest BCUT2D eigenvalue weighted by Crippen LogP contribution is -2.19. The van der Waals surface area contributed by atoms with E-state index in [1.165, 1.54) is 0 Å². The van der Waals surface area contributed by atoms with Crippen LogP contribution in [0.15, 0.2) is 58.0 Å². The van der Waals surface area contributed by atoms with Crippen LogP contribution in [0.2, 0.25) is 5.02 Å². The molecule has 0 radical (unpaired) electrons. The van der Waals surface area contributed by atoms with Gasteiger partial charge in [0.1, 0.15) is 5.84 Å². The van der Waals surface area contributed by atoms with E-state index in [9.17, 15) is 0 Å². The van der Waals surface area contributed by atoms with Crippen LogP contribution in [-0.2, 0) is 0 Å². The van der Waals surface area contributed by atoms with Gasteiger partial charge < -0.3 is 9.84 Å². The van der Waals surface area contributed by atoms with Crippen LogP contribution < -0.4 is 5.32 Å². The first-order chi connectivity index (χ1) is 11.3. The molecule has 0 unspecified atom stereocenters. The fraction of sp³-hybridized carbons (Fsp3) is 0.118. The molecule has 1 aromatic heterocycles. The average molecular weight is 325 g/mol. The predicted octanol–water partition coefficient (Wildman–Crippen LogP) is 3.41. The summed E-state index contributed by atoms with van der Waals surface area (Å²) in [4.78, 5) is 8.84. The molecule has 0 amide bonds. The van der Waals surface area contributed by atoms with E-state index in [-0.39, 0.29) is 0 Å². The highest BCUT2D eigenvalue weighted by Gasteiger charge is 2.12. The number of amidine groups is 1. The molecule has 114 valence electrons. The number of nitrogens with one attached hydrogen (secondary N) is 1. The van der Waals surface area contributed by atoms with Gasteiger partial charge in [-0.25, -0.2) is 0 Å². The van der Waals surface area contributed by atoms with Gasteiger partial charge in [0, 0.05) is 28.3 Å². The third kappa shape index (κ3) is 2.83. The van der Waals surface area contributed by atoms with E-state index in [2.05, 4.69) is 20.4 Å². The minimum atomic E-state index is 0.452. The molecule has 4 rings (SSSR count). The van der Waals surface area contributed by atoms with Crippen molar-refractivity contribution in [3.63, 3.8) is 0 Å². The number of aromatic nitrogens is 2. The first-order valence-corrected chi connectivity index (χ1v) is 7.66. The summed E-state index contributed by atoms with van der Waals surface area (Å²) in [5.74, 6) is 1.94. The van der Waals surface area contributed by atoms with Crippen molar-refractivity contribution in [3.05, 3.63) is 59.1 Å². The van der Waals surface area contributed by atoms with Gasteiger partial charge in [-0.1, -0.05) is 47.1 Å². The van der Waals surface area contributed by atoms with Gasteiger partial charge in [-0.05, 0) is 18.2 Å². The lowest BCUT2D eigenvalue weighted by molar-refractivity contribution is 0.432. The maximum absolute atomic E-state index is 5.99. The van der Waals surface area contributed by atoms with Gasteiger partial charge in [0.05, 0.1) is 6.54 Å². The molecule has 3 aromatic rings. The molecule has 0 atom stereocenters. The van der Waals surface area contributed by atoms with E-state index in [0.717, 1.165) is 35.6 Å². The summed E-state index contributed by atoms with van der Waals surface area (Å²) in [6.07, 6.45) is 0. The third-order valence-electron chi connectivity index (χ3n) is 3.59. The summed E-state index contributed by atoms with van der Waals surface area (Å²) in [7, 11) is 0. The van der Waals surface area contributed by atoms with E-state index in [1.807, 2.05) is 36.4 Å². The maximum Gasteiger partial charge on any atom is 0.258 e. The zero-order valence-corrected chi connectivity index (χ0v) is 12.9. The Hall–Kier alpha value is -2.66. The zero-order valence-electron chi connectivity index (χ0n) is 12.2. The quantitative estimate of drug-likeness (QED) is 0.802. The fourth-order valence-electron chi connectivity index (χ4n) is 2.45. The molecule has 5 nitrogen and oxygen atoms in total. The molecule has 2 aromatic carbocycles. The molecule has 0 fully saturated rings. The lowest BCUT2D eigenvalue weighted by atomic mass is 10.1. The van der Waals surface area contributed by atoms with Gasteiger partial charge in [0.15, 0.2) is 0 Å². The van der Waals surface area contributed by atoms with Crippen LogP contribution in [0, 0.1) is 0 Å². The molecule has 1 aliphatic rings. The number of rotatable bonds is 3. The zero-order chi connectivity index (χ0) is 15.6. The van der Waals surface area contributed by atoms with Crippen LogP contribution in [-0.4, -0.2) is 29.1 Å². The molecule has 0 saturated carbocycles. The topological polar surface area (TPSA) is 63.3 Å². The van der Waals surface area contributed by atoms with Crippen molar-refractivity contribution in [2.75, 3.05) is 13.1 Å². The summed E-state index contributed by atoms with van der Waals surface area (Å²) < 4.78 is 5.33. The Kier molecular flexibility index (Phi) is 3.55. The van der Waals surface area contributed by atoms with Crippen LogP contribution in [0.4, 0.5) is 0 Å². The van der Waals surface area contributed by atoms with E-state index in [4.69, 9.17) is 16.1 Å². The van der Waals surface area contributed by atoms with Crippen LogP contribution in [0.5, 0.6) is 0 Å². The second-order valence-corrected chi connectivity index (χ2v) is 5.60. The summed E-state index contributed by atoms with van der Waals surface area (Å²) in [5.41, 5.74) is 2.76. The number of hydrogen-bond acceptors (Lipinski definition) is 5. The Labute approximate surface area is 138 Å². The van der Waals surface area contributed by atoms with Crippen LogP contribution >= 0.6 is 11.6 Å². The second kappa shape index (κ2) is 5.85. The Morgan fingerprint density at radius 1 is 1.00 bits per heavy atom. The highest BCUT2D eigenvalue weighted by molar-refractivity contribution is 6.30. The van der Waals surface area contributed by atoms with E-state index in [1.54, 1.807) is 12.1 Å². The molecule has 1 N–H and O–H groups in total. The van der Waals surface area contributed by atoms with E-state index >= 15 is 0 Å². The number of nitrogens with zero attached hydrogens (tertiary/aromatic N) is 3. The van der Waals surface area contributed by atoms with Crippen molar-refractivity contribution in [1.29, 1.82) is 0 Å².